The Balaban J connectivity index is 1.64. The van der Waals surface area contributed by atoms with E-state index in [0.717, 1.165) is 5.69 Å². The van der Waals surface area contributed by atoms with Crippen LogP contribution in [0.4, 0.5) is 0 Å². The minimum Gasteiger partial charge on any atom is -0.478 e. The smallest absolute Gasteiger partial charge is 0.338 e. The largest absolute Gasteiger partial charge is 0.478 e. The molecule has 0 saturated carbocycles. The lowest BCUT2D eigenvalue weighted by Gasteiger charge is -2.08. The molecule has 2 aromatic heterocycles. The van der Waals surface area contributed by atoms with Crippen LogP contribution in [0.3, 0.4) is 0 Å². The molecule has 0 radical (unpaired) electrons. The SMILES string of the molecule is Cc1ccnn1CC(=O)NCCNC(=O)Cn1cc(C(=O)O)cn1. The summed E-state index contributed by atoms with van der Waals surface area (Å²) in [4.78, 5) is 34.1. The number of carboxylic acids is 1. The number of carbonyl (C=O) groups excluding carboxylic acids is 2. The predicted octanol–water partition coefficient (Wildman–Crippen LogP) is -0.981. The minimum absolute atomic E-state index is 0.0176. The molecule has 2 aromatic rings. The molecule has 2 amide bonds. The third kappa shape index (κ3) is 4.93. The number of aryl methyl sites for hydroxylation is 1. The van der Waals surface area contributed by atoms with Crippen molar-refractivity contribution in [3.63, 3.8) is 0 Å². The van der Waals surface area contributed by atoms with Crippen LogP contribution in [0.5, 0.6) is 0 Å². The lowest BCUT2D eigenvalue weighted by atomic mass is 10.4. The first-order valence-electron chi connectivity index (χ1n) is 7.23. The summed E-state index contributed by atoms with van der Waals surface area (Å²) in [5.74, 6) is -1.63. The fraction of sp³-hybridized carbons (Fsp3) is 0.357. The molecular formula is C14H18N6O4. The standard InChI is InChI=1S/C14H18N6O4/c1-10-2-3-17-20(10)9-13(22)16-5-4-15-12(21)8-19-7-11(6-18-19)14(23)24/h2-3,6-7H,4-5,8-9H2,1H3,(H,15,21)(H,16,22)(H,23,24). The molecule has 0 aliphatic heterocycles. The van der Waals surface area contributed by atoms with Gasteiger partial charge in [-0.05, 0) is 13.0 Å². The third-order valence-corrected chi connectivity index (χ3v) is 3.18. The summed E-state index contributed by atoms with van der Waals surface area (Å²) in [6.45, 7) is 2.43. The average Bonchev–Trinajstić information content (AvgIpc) is 3.14. The van der Waals surface area contributed by atoms with Crippen molar-refractivity contribution in [3.05, 3.63) is 35.9 Å². The van der Waals surface area contributed by atoms with Gasteiger partial charge in [0, 0.05) is 31.2 Å². The highest BCUT2D eigenvalue weighted by atomic mass is 16.4. The molecule has 2 heterocycles. The molecule has 0 aliphatic carbocycles. The summed E-state index contributed by atoms with van der Waals surface area (Å²) in [6, 6.07) is 1.80. The number of hydrogen-bond donors (Lipinski definition) is 3. The Morgan fingerprint density at radius 3 is 2.33 bits per heavy atom. The van der Waals surface area contributed by atoms with Gasteiger partial charge in [-0.2, -0.15) is 10.2 Å². The number of carbonyl (C=O) groups is 3. The molecule has 0 saturated heterocycles. The summed E-state index contributed by atoms with van der Waals surface area (Å²) < 4.78 is 2.81. The van der Waals surface area contributed by atoms with Gasteiger partial charge in [0.05, 0.1) is 11.8 Å². The van der Waals surface area contributed by atoms with Gasteiger partial charge in [0.2, 0.25) is 11.8 Å². The van der Waals surface area contributed by atoms with Crippen molar-refractivity contribution in [3.8, 4) is 0 Å². The molecule has 0 bridgehead atoms. The number of aromatic carboxylic acids is 1. The van der Waals surface area contributed by atoms with Gasteiger partial charge in [-0.15, -0.1) is 0 Å². The summed E-state index contributed by atoms with van der Waals surface area (Å²) in [6.07, 6.45) is 4.07. The van der Waals surface area contributed by atoms with Crippen molar-refractivity contribution in [2.75, 3.05) is 13.1 Å². The zero-order chi connectivity index (χ0) is 17.5. The van der Waals surface area contributed by atoms with E-state index < -0.39 is 5.97 Å². The second kappa shape index (κ2) is 7.90. The molecule has 0 unspecified atom stereocenters. The van der Waals surface area contributed by atoms with Crippen molar-refractivity contribution in [1.29, 1.82) is 0 Å². The molecule has 0 atom stereocenters. The van der Waals surface area contributed by atoms with Crippen LogP contribution in [0.25, 0.3) is 0 Å². The molecule has 3 N–H and O–H groups in total. The molecule has 10 nitrogen and oxygen atoms in total. The Morgan fingerprint density at radius 2 is 1.79 bits per heavy atom. The summed E-state index contributed by atoms with van der Waals surface area (Å²) in [7, 11) is 0. The van der Waals surface area contributed by atoms with Crippen LogP contribution in [0.15, 0.2) is 24.7 Å². The highest BCUT2D eigenvalue weighted by molar-refractivity contribution is 5.87. The first kappa shape index (κ1) is 17.2. The Labute approximate surface area is 137 Å². The van der Waals surface area contributed by atoms with Crippen molar-refractivity contribution in [1.82, 2.24) is 30.2 Å². The number of hydrogen-bond acceptors (Lipinski definition) is 5. The molecule has 0 spiro atoms. The Kier molecular flexibility index (Phi) is 5.66. The normalized spacial score (nSPS) is 10.4. The van der Waals surface area contributed by atoms with Crippen LogP contribution in [-0.2, 0) is 22.7 Å². The summed E-state index contributed by atoms with van der Waals surface area (Å²) >= 11 is 0. The number of rotatable bonds is 8. The van der Waals surface area contributed by atoms with E-state index in [1.165, 1.54) is 17.1 Å². The molecule has 0 fully saturated rings. The van der Waals surface area contributed by atoms with Crippen LogP contribution in [-0.4, -0.2) is 55.5 Å². The van der Waals surface area contributed by atoms with Crippen molar-refractivity contribution in [2.45, 2.75) is 20.0 Å². The maximum Gasteiger partial charge on any atom is 0.338 e. The Morgan fingerprint density at radius 1 is 1.12 bits per heavy atom. The first-order valence-corrected chi connectivity index (χ1v) is 7.23. The van der Waals surface area contributed by atoms with Crippen LogP contribution in [0.2, 0.25) is 0 Å². The topological polar surface area (TPSA) is 131 Å². The van der Waals surface area contributed by atoms with E-state index in [0.29, 0.717) is 0 Å². The van der Waals surface area contributed by atoms with Gasteiger partial charge < -0.3 is 15.7 Å². The van der Waals surface area contributed by atoms with E-state index in [-0.39, 0.29) is 43.6 Å². The third-order valence-electron chi connectivity index (χ3n) is 3.18. The maximum absolute atomic E-state index is 11.7. The molecule has 10 heteroatoms. The van der Waals surface area contributed by atoms with E-state index >= 15 is 0 Å². The quantitative estimate of drug-likeness (QED) is 0.532. The second-order valence-electron chi connectivity index (χ2n) is 5.06. The van der Waals surface area contributed by atoms with Crippen molar-refractivity contribution >= 4 is 17.8 Å². The zero-order valence-electron chi connectivity index (χ0n) is 13.1. The highest BCUT2D eigenvalue weighted by Crippen LogP contribution is 1.97. The summed E-state index contributed by atoms with van der Waals surface area (Å²) in [5.41, 5.74) is 0.905. The lowest BCUT2D eigenvalue weighted by molar-refractivity contribution is -0.123. The van der Waals surface area contributed by atoms with E-state index in [4.69, 9.17) is 5.11 Å². The van der Waals surface area contributed by atoms with Gasteiger partial charge in [-0.25, -0.2) is 4.79 Å². The zero-order valence-corrected chi connectivity index (χ0v) is 13.1. The van der Waals surface area contributed by atoms with Gasteiger partial charge in [-0.1, -0.05) is 0 Å². The van der Waals surface area contributed by atoms with Crippen molar-refractivity contribution in [2.24, 2.45) is 0 Å². The number of amides is 2. The fourth-order valence-electron chi connectivity index (χ4n) is 1.92. The molecule has 128 valence electrons. The number of carboxylic acid groups (broad SMARTS) is 1. The maximum atomic E-state index is 11.7. The lowest BCUT2D eigenvalue weighted by Crippen LogP contribution is -2.37. The number of nitrogens with one attached hydrogen (secondary N) is 2. The fourth-order valence-corrected chi connectivity index (χ4v) is 1.92. The van der Waals surface area contributed by atoms with Gasteiger partial charge in [-0.3, -0.25) is 19.0 Å². The van der Waals surface area contributed by atoms with Gasteiger partial charge in [0.15, 0.2) is 0 Å². The number of aromatic nitrogens is 4. The average molecular weight is 334 g/mol. The molecule has 24 heavy (non-hydrogen) atoms. The van der Waals surface area contributed by atoms with Crippen LogP contribution in [0, 0.1) is 6.92 Å². The van der Waals surface area contributed by atoms with Crippen LogP contribution in [0.1, 0.15) is 16.1 Å². The van der Waals surface area contributed by atoms with Gasteiger partial charge in [0.1, 0.15) is 13.1 Å². The van der Waals surface area contributed by atoms with Gasteiger partial charge in [0.25, 0.3) is 0 Å². The second-order valence-corrected chi connectivity index (χ2v) is 5.06. The Hall–Kier alpha value is -3.17. The minimum atomic E-state index is -1.10. The van der Waals surface area contributed by atoms with E-state index in [9.17, 15) is 14.4 Å². The summed E-state index contributed by atoms with van der Waals surface area (Å²) in [5, 5.41) is 21.8. The molecule has 2 rings (SSSR count). The first-order chi connectivity index (χ1) is 11.5. The van der Waals surface area contributed by atoms with E-state index in [2.05, 4.69) is 20.8 Å². The van der Waals surface area contributed by atoms with Gasteiger partial charge >= 0.3 is 5.97 Å². The number of nitrogens with zero attached hydrogens (tertiary/aromatic N) is 4. The molecular weight excluding hydrogens is 316 g/mol. The monoisotopic (exact) mass is 334 g/mol. The predicted molar refractivity (Wildman–Crippen MR) is 82.2 cm³/mol. The molecule has 0 aliphatic rings. The van der Waals surface area contributed by atoms with Crippen LogP contribution >= 0.6 is 0 Å². The molecule has 0 aromatic carbocycles. The van der Waals surface area contributed by atoms with Crippen molar-refractivity contribution < 1.29 is 19.5 Å². The Bertz CT molecular complexity index is 735. The van der Waals surface area contributed by atoms with Crippen LogP contribution < -0.4 is 10.6 Å². The van der Waals surface area contributed by atoms with E-state index in [1.54, 1.807) is 16.9 Å². The van der Waals surface area contributed by atoms with E-state index in [1.807, 2.05) is 6.92 Å². The highest BCUT2D eigenvalue weighted by Gasteiger charge is 2.09.